The van der Waals surface area contributed by atoms with E-state index in [-0.39, 0.29) is 6.10 Å². The Bertz CT molecular complexity index is 283. The molecule has 0 amide bonds. The standard InChI is InChI=1S/C12H20N2OS/c15-12(10-4-2-1-3-5-10)8-13-6-11-7-14-9-16-11/h7,9-10,12-13,15H,1-6,8H2. The molecule has 1 fully saturated rings. The van der Waals surface area contributed by atoms with Gasteiger partial charge in [-0.05, 0) is 18.8 Å². The van der Waals surface area contributed by atoms with Gasteiger partial charge in [0.2, 0.25) is 0 Å². The smallest absolute Gasteiger partial charge is 0.0794 e. The van der Waals surface area contributed by atoms with Crippen LogP contribution in [0.3, 0.4) is 0 Å². The molecule has 0 spiro atoms. The summed E-state index contributed by atoms with van der Waals surface area (Å²) in [5, 5.41) is 13.3. The van der Waals surface area contributed by atoms with Crippen LogP contribution in [0.1, 0.15) is 37.0 Å². The van der Waals surface area contributed by atoms with E-state index in [1.54, 1.807) is 11.3 Å². The molecule has 1 heterocycles. The Morgan fingerprint density at radius 1 is 1.44 bits per heavy atom. The number of hydrogen-bond acceptors (Lipinski definition) is 4. The second-order valence-electron chi connectivity index (χ2n) is 4.56. The molecule has 0 saturated heterocycles. The molecular weight excluding hydrogens is 220 g/mol. The Morgan fingerprint density at radius 3 is 2.94 bits per heavy atom. The third kappa shape index (κ3) is 3.54. The predicted octanol–water partition coefficient (Wildman–Crippen LogP) is 2.17. The van der Waals surface area contributed by atoms with Gasteiger partial charge in [-0.15, -0.1) is 11.3 Å². The van der Waals surface area contributed by atoms with Gasteiger partial charge >= 0.3 is 0 Å². The molecule has 1 saturated carbocycles. The first-order chi connectivity index (χ1) is 7.86. The summed E-state index contributed by atoms with van der Waals surface area (Å²) in [4.78, 5) is 5.26. The number of aromatic nitrogens is 1. The summed E-state index contributed by atoms with van der Waals surface area (Å²) in [5.74, 6) is 0.516. The Kier molecular flexibility index (Phi) is 4.75. The lowest BCUT2D eigenvalue weighted by Gasteiger charge is -2.26. The van der Waals surface area contributed by atoms with E-state index in [4.69, 9.17) is 0 Å². The summed E-state index contributed by atoms with van der Waals surface area (Å²) in [6.45, 7) is 1.54. The fraction of sp³-hybridized carbons (Fsp3) is 0.750. The molecular formula is C12H20N2OS. The minimum absolute atomic E-state index is 0.173. The molecule has 1 aromatic rings. The van der Waals surface area contributed by atoms with Gasteiger partial charge in [-0.1, -0.05) is 19.3 Å². The van der Waals surface area contributed by atoms with Crippen molar-refractivity contribution in [2.75, 3.05) is 6.54 Å². The number of nitrogens with zero attached hydrogens (tertiary/aromatic N) is 1. The van der Waals surface area contributed by atoms with Gasteiger partial charge in [-0.2, -0.15) is 0 Å². The molecule has 3 nitrogen and oxygen atoms in total. The summed E-state index contributed by atoms with van der Waals surface area (Å²) in [7, 11) is 0. The molecule has 0 aliphatic heterocycles. The van der Waals surface area contributed by atoms with Crippen LogP contribution in [0.2, 0.25) is 0 Å². The lowest BCUT2D eigenvalue weighted by atomic mass is 9.85. The lowest BCUT2D eigenvalue weighted by molar-refractivity contribution is 0.0839. The highest BCUT2D eigenvalue weighted by Crippen LogP contribution is 2.26. The van der Waals surface area contributed by atoms with Gasteiger partial charge in [-0.3, -0.25) is 4.98 Å². The van der Waals surface area contributed by atoms with Crippen LogP contribution in [0.25, 0.3) is 0 Å². The Morgan fingerprint density at radius 2 is 2.25 bits per heavy atom. The number of aliphatic hydroxyl groups excluding tert-OH is 1. The monoisotopic (exact) mass is 240 g/mol. The normalized spacial score (nSPS) is 19.8. The Labute approximate surface area is 101 Å². The topological polar surface area (TPSA) is 45.1 Å². The van der Waals surface area contributed by atoms with Gasteiger partial charge in [0, 0.05) is 24.2 Å². The van der Waals surface area contributed by atoms with Crippen molar-refractivity contribution in [2.24, 2.45) is 5.92 Å². The van der Waals surface area contributed by atoms with Crippen molar-refractivity contribution in [1.29, 1.82) is 0 Å². The highest BCUT2D eigenvalue weighted by Gasteiger charge is 2.20. The minimum Gasteiger partial charge on any atom is -0.392 e. The average Bonchev–Trinajstić information content (AvgIpc) is 2.83. The summed E-state index contributed by atoms with van der Waals surface area (Å²) < 4.78 is 0. The van der Waals surface area contributed by atoms with Crippen LogP contribution in [-0.4, -0.2) is 22.7 Å². The van der Waals surface area contributed by atoms with Crippen molar-refractivity contribution in [3.05, 3.63) is 16.6 Å². The summed E-state index contributed by atoms with van der Waals surface area (Å²) >= 11 is 1.65. The van der Waals surface area contributed by atoms with Crippen molar-refractivity contribution < 1.29 is 5.11 Å². The van der Waals surface area contributed by atoms with Crippen LogP contribution in [-0.2, 0) is 6.54 Å². The quantitative estimate of drug-likeness (QED) is 0.829. The zero-order valence-electron chi connectivity index (χ0n) is 9.56. The number of nitrogens with one attached hydrogen (secondary N) is 1. The van der Waals surface area contributed by atoms with Gasteiger partial charge in [-0.25, -0.2) is 0 Å². The van der Waals surface area contributed by atoms with E-state index in [0.29, 0.717) is 12.5 Å². The van der Waals surface area contributed by atoms with Crippen molar-refractivity contribution in [3.8, 4) is 0 Å². The van der Waals surface area contributed by atoms with Crippen LogP contribution in [0.4, 0.5) is 0 Å². The maximum absolute atomic E-state index is 10.0. The van der Waals surface area contributed by atoms with Crippen LogP contribution in [0.15, 0.2) is 11.7 Å². The molecule has 1 unspecified atom stereocenters. The van der Waals surface area contributed by atoms with Crippen LogP contribution in [0, 0.1) is 5.92 Å². The van der Waals surface area contributed by atoms with E-state index in [1.807, 2.05) is 11.7 Å². The molecule has 2 N–H and O–H groups in total. The molecule has 1 aliphatic rings. The molecule has 1 aliphatic carbocycles. The number of rotatable bonds is 5. The molecule has 16 heavy (non-hydrogen) atoms. The molecule has 4 heteroatoms. The molecule has 1 atom stereocenters. The van der Waals surface area contributed by atoms with Gasteiger partial charge < -0.3 is 10.4 Å². The maximum atomic E-state index is 10.0. The Balaban J connectivity index is 1.65. The predicted molar refractivity (Wildman–Crippen MR) is 66.4 cm³/mol. The van der Waals surface area contributed by atoms with Crippen LogP contribution >= 0.6 is 11.3 Å². The van der Waals surface area contributed by atoms with Crippen molar-refractivity contribution in [3.63, 3.8) is 0 Å². The van der Waals surface area contributed by atoms with E-state index < -0.39 is 0 Å². The highest BCUT2D eigenvalue weighted by atomic mass is 32.1. The highest BCUT2D eigenvalue weighted by molar-refractivity contribution is 7.09. The lowest BCUT2D eigenvalue weighted by Crippen LogP contribution is -2.33. The number of aliphatic hydroxyl groups is 1. The molecule has 0 radical (unpaired) electrons. The summed E-state index contributed by atoms with van der Waals surface area (Å²) in [6, 6.07) is 0. The third-order valence-electron chi connectivity index (χ3n) is 3.33. The van der Waals surface area contributed by atoms with Crippen LogP contribution < -0.4 is 5.32 Å². The third-order valence-corrected chi connectivity index (χ3v) is 4.11. The van der Waals surface area contributed by atoms with E-state index in [2.05, 4.69) is 10.3 Å². The van der Waals surface area contributed by atoms with E-state index in [1.165, 1.54) is 37.0 Å². The van der Waals surface area contributed by atoms with Crippen molar-refractivity contribution in [1.82, 2.24) is 10.3 Å². The number of thiazole rings is 1. The molecule has 0 bridgehead atoms. The van der Waals surface area contributed by atoms with Crippen LogP contribution in [0.5, 0.6) is 0 Å². The Hall–Kier alpha value is -0.450. The molecule has 90 valence electrons. The van der Waals surface area contributed by atoms with E-state index in [0.717, 1.165) is 6.54 Å². The summed E-state index contributed by atoms with van der Waals surface area (Å²) in [6.07, 6.45) is 8.02. The first kappa shape index (κ1) is 12.0. The maximum Gasteiger partial charge on any atom is 0.0794 e. The largest absolute Gasteiger partial charge is 0.392 e. The first-order valence-corrected chi connectivity index (χ1v) is 7.00. The van der Waals surface area contributed by atoms with Gasteiger partial charge in [0.15, 0.2) is 0 Å². The molecule has 1 aromatic heterocycles. The average molecular weight is 240 g/mol. The first-order valence-electron chi connectivity index (χ1n) is 6.12. The summed E-state index contributed by atoms with van der Waals surface area (Å²) in [5.41, 5.74) is 1.84. The SMILES string of the molecule is OC(CNCc1cncs1)C1CCCCC1. The van der Waals surface area contributed by atoms with Gasteiger partial charge in [0.25, 0.3) is 0 Å². The zero-order chi connectivity index (χ0) is 11.2. The minimum atomic E-state index is -0.173. The number of hydrogen-bond donors (Lipinski definition) is 2. The van der Waals surface area contributed by atoms with Gasteiger partial charge in [0.1, 0.15) is 0 Å². The zero-order valence-corrected chi connectivity index (χ0v) is 10.4. The van der Waals surface area contributed by atoms with E-state index >= 15 is 0 Å². The van der Waals surface area contributed by atoms with E-state index in [9.17, 15) is 5.11 Å². The molecule has 2 rings (SSSR count). The second kappa shape index (κ2) is 6.33. The molecule has 0 aromatic carbocycles. The van der Waals surface area contributed by atoms with Crippen molar-refractivity contribution >= 4 is 11.3 Å². The fourth-order valence-electron chi connectivity index (χ4n) is 2.36. The second-order valence-corrected chi connectivity index (χ2v) is 5.53. The fourth-order valence-corrected chi connectivity index (χ4v) is 2.92. The van der Waals surface area contributed by atoms with Crippen molar-refractivity contribution in [2.45, 2.75) is 44.8 Å². The van der Waals surface area contributed by atoms with Gasteiger partial charge in [0.05, 0.1) is 11.6 Å².